The number of anilines is 1. The van der Waals surface area contributed by atoms with Crippen LogP contribution in [0.4, 0.5) is 5.82 Å². The third-order valence-corrected chi connectivity index (χ3v) is 5.02. The molecule has 2 heterocycles. The van der Waals surface area contributed by atoms with Gasteiger partial charge in [-0.2, -0.15) is 0 Å². The van der Waals surface area contributed by atoms with E-state index < -0.39 is 0 Å². The van der Waals surface area contributed by atoms with E-state index in [-0.39, 0.29) is 0 Å². The summed E-state index contributed by atoms with van der Waals surface area (Å²) in [7, 11) is 0. The summed E-state index contributed by atoms with van der Waals surface area (Å²) in [5.41, 5.74) is 1.31. The summed E-state index contributed by atoms with van der Waals surface area (Å²) in [5, 5.41) is 3.55. The minimum atomic E-state index is 0.767. The predicted octanol–water partition coefficient (Wildman–Crippen LogP) is 3.60. The van der Waals surface area contributed by atoms with Crippen LogP contribution in [0, 0.1) is 11.8 Å². The van der Waals surface area contributed by atoms with Gasteiger partial charge < -0.3 is 10.2 Å². The molecule has 0 bridgehead atoms. The van der Waals surface area contributed by atoms with Crippen LogP contribution >= 0.6 is 0 Å². The van der Waals surface area contributed by atoms with Gasteiger partial charge >= 0.3 is 0 Å². The summed E-state index contributed by atoms with van der Waals surface area (Å²) < 4.78 is 0. The van der Waals surface area contributed by atoms with Crippen molar-refractivity contribution in [3.05, 3.63) is 23.9 Å². The van der Waals surface area contributed by atoms with Gasteiger partial charge in [0.05, 0.1) is 0 Å². The van der Waals surface area contributed by atoms with Crippen LogP contribution < -0.4 is 10.2 Å². The zero-order chi connectivity index (χ0) is 14.7. The first-order valence-electron chi connectivity index (χ1n) is 8.65. The maximum atomic E-state index is 4.70. The Hall–Kier alpha value is -1.09. The zero-order valence-electron chi connectivity index (χ0n) is 13.5. The first-order valence-corrected chi connectivity index (χ1v) is 8.65. The highest BCUT2D eigenvalue weighted by Gasteiger charge is 2.21. The molecule has 1 aromatic heterocycles. The van der Waals surface area contributed by atoms with E-state index in [2.05, 4.69) is 42.4 Å². The molecule has 0 spiro atoms. The molecule has 1 aromatic rings. The van der Waals surface area contributed by atoms with Crippen molar-refractivity contribution in [1.29, 1.82) is 0 Å². The third-order valence-electron chi connectivity index (χ3n) is 5.02. The zero-order valence-corrected chi connectivity index (χ0v) is 13.5. The van der Waals surface area contributed by atoms with Crippen LogP contribution in [0.15, 0.2) is 18.3 Å². The maximum absolute atomic E-state index is 4.70. The fraction of sp³-hybridized carbons (Fsp3) is 0.722. The lowest BCUT2D eigenvalue weighted by molar-refractivity contribution is 0.351. The number of nitrogens with one attached hydrogen (secondary N) is 1. The highest BCUT2D eigenvalue weighted by atomic mass is 15.2. The molecule has 1 aliphatic carbocycles. The molecule has 3 rings (SSSR count). The van der Waals surface area contributed by atoms with Crippen LogP contribution in [0.1, 0.15) is 51.5 Å². The Kier molecular flexibility index (Phi) is 4.79. The van der Waals surface area contributed by atoms with Gasteiger partial charge in [-0.1, -0.05) is 19.9 Å². The number of pyridine rings is 1. The van der Waals surface area contributed by atoms with Crippen molar-refractivity contribution < 1.29 is 0 Å². The molecular formula is C18H29N3. The molecule has 21 heavy (non-hydrogen) atoms. The number of rotatable bonds is 5. The fourth-order valence-electron chi connectivity index (χ4n) is 3.28. The molecular weight excluding hydrogens is 258 g/mol. The van der Waals surface area contributed by atoms with Crippen LogP contribution in [0.2, 0.25) is 0 Å². The first-order chi connectivity index (χ1) is 10.2. The van der Waals surface area contributed by atoms with Gasteiger partial charge in [0.2, 0.25) is 0 Å². The van der Waals surface area contributed by atoms with Gasteiger partial charge in [0.1, 0.15) is 5.82 Å². The SMILES string of the molecule is CC(C)C1CCCN(c2ccc(CNC3CC3)cn2)CC1. The Morgan fingerprint density at radius 3 is 2.71 bits per heavy atom. The minimum Gasteiger partial charge on any atom is -0.357 e. The second-order valence-corrected chi connectivity index (χ2v) is 7.10. The smallest absolute Gasteiger partial charge is 0.128 e. The number of hydrogen-bond acceptors (Lipinski definition) is 3. The van der Waals surface area contributed by atoms with Gasteiger partial charge in [0.15, 0.2) is 0 Å². The number of aromatic nitrogens is 1. The largest absolute Gasteiger partial charge is 0.357 e. The molecule has 2 aliphatic rings. The van der Waals surface area contributed by atoms with Crippen LogP contribution in [-0.4, -0.2) is 24.1 Å². The monoisotopic (exact) mass is 287 g/mol. The molecule has 1 saturated heterocycles. The fourth-order valence-corrected chi connectivity index (χ4v) is 3.28. The Labute approximate surface area is 129 Å². The summed E-state index contributed by atoms with van der Waals surface area (Å²) in [5.74, 6) is 2.86. The van der Waals surface area contributed by atoms with E-state index in [0.29, 0.717) is 0 Å². The van der Waals surface area contributed by atoms with E-state index in [1.54, 1.807) is 0 Å². The van der Waals surface area contributed by atoms with Crippen molar-refractivity contribution in [3.63, 3.8) is 0 Å². The molecule has 1 atom stereocenters. The highest BCUT2D eigenvalue weighted by Crippen LogP contribution is 2.26. The molecule has 0 amide bonds. The Morgan fingerprint density at radius 2 is 2.05 bits per heavy atom. The van der Waals surface area contributed by atoms with Crippen molar-refractivity contribution in [2.75, 3.05) is 18.0 Å². The summed E-state index contributed by atoms with van der Waals surface area (Å²) in [6.45, 7) is 8.01. The van der Waals surface area contributed by atoms with Gasteiger partial charge in [0, 0.05) is 31.9 Å². The van der Waals surface area contributed by atoms with Gasteiger partial charge in [0.25, 0.3) is 0 Å². The van der Waals surface area contributed by atoms with Gasteiger partial charge in [-0.15, -0.1) is 0 Å². The van der Waals surface area contributed by atoms with E-state index in [1.165, 1.54) is 37.7 Å². The molecule has 1 N–H and O–H groups in total. The first kappa shape index (κ1) is 14.8. The Bertz CT molecular complexity index is 436. The van der Waals surface area contributed by atoms with E-state index in [9.17, 15) is 0 Å². The van der Waals surface area contributed by atoms with Crippen molar-refractivity contribution in [3.8, 4) is 0 Å². The normalized spacial score (nSPS) is 23.4. The van der Waals surface area contributed by atoms with Gasteiger partial charge in [-0.05, 0) is 55.6 Å². The van der Waals surface area contributed by atoms with Crippen LogP contribution in [0.5, 0.6) is 0 Å². The second-order valence-electron chi connectivity index (χ2n) is 7.10. The highest BCUT2D eigenvalue weighted by molar-refractivity contribution is 5.39. The molecule has 0 aromatic carbocycles. The lowest BCUT2D eigenvalue weighted by Crippen LogP contribution is -2.25. The Morgan fingerprint density at radius 1 is 1.19 bits per heavy atom. The average molecular weight is 287 g/mol. The van der Waals surface area contributed by atoms with Crippen LogP contribution in [0.25, 0.3) is 0 Å². The van der Waals surface area contributed by atoms with E-state index in [1.807, 2.05) is 0 Å². The summed E-state index contributed by atoms with van der Waals surface area (Å²) in [6, 6.07) is 5.21. The topological polar surface area (TPSA) is 28.2 Å². The standard InChI is InChI=1S/C18H29N3/c1-14(2)16-4-3-10-21(11-9-16)18-8-5-15(13-20-18)12-19-17-6-7-17/h5,8,13-14,16-17,19H,3-4,6-7,9-12H2,1-2H3. The van der Waals surface area contributed by atoms with Crippen molar-refractivity contribution in [2.45, 2.75) is 58.5 Å². The summed E-state index contributed by atoms with van der Waals surface area (Å²) in [4.78, 5) is 7.17. The molecule has 3 heteroatoms. The molecule has 2 fully saturated rings. The third kappa shape index (κ3) is 4.19. The van der Waals surface area contributed by atoms with Crippen molar-refractivity contribution >= 4 is 5.82 Å². The van der Waals surface area contributed by atoms with Gasteiger partial charge in [-0.3, -0.25) is 0 Å². The molecule has 0 radical (unpaired) electrons. The molecule has 116 valence electrons. The minimum absolute atomic E-state index is 0.767. The number of hydrogen-bond donors (Lipinski definition) is 1. The van der Waals surface area contributed by atoms with E-state index in [4.69, 9.17) is 4.98 Å². The van der Waals surface area contributed by atoms with Crippen LogP contribution in [-0.2, 0) is 6.54 Å². The van der Waals surface area contributed by atoms with Crippen molar-refractivity contribution in [1.82, 2.24) is 10.3 Å². The summed E-state index contributed by atoms with van der Waals surface area (Å²) >= 11 is 0. The quantitative estimate of drug-likeness (QED) is 0.897. The molecule has 1 aliphatic heterocycles. The van der Waals surface area contributed by atoms with Crippen LogP contribution in [0.3, 0.4) is 0 Å². The van der Waals surface area contributed by atoms with Crippen molar-refractivity contribution in [2.24, 2.45) is 11.8 Å². The van der Waals surface area contributed by atoms with E-state index >= 15 is 0 Å². The molecule has 1 saturated carbocycles. The maximum Gasteiger partial charge on any atom is 0.128 e. The van der Waals surface area contributed by atoms with E-state index in [0.717, 1.165) is 43.3 Å². The summed E-state index contributed by atoms with van der Waals surface area (Å²) in [6.07, 6.45) is 8.72. The lowest BCUT2D eigenvalue weighted by Gasteiger charge is -2.22. The lowest BCUT2D eigenvalue weighted by atomic mass is 9.89. The molecule has 1 unspecified atom stereocenters. The predicted molar refractivity (Wildman–Crippen MR) is 88.5 cm³/mol. The van der Waals surface area contributed by atoms with Gasteiger partial charge in [-0.25, -0.2) is 4.98 Å². The number of nitrogens with zero attached hydrogens (tertiary/aromatic N) is 2. The second kappa shape index (κ2) is 6.78. The Balaban J connectivity index is 1.55. The average Bonchev–Trinajstić information content (AvgIpc) is 3.32. The molecule has 3 nitrogen and oxygen atoms in total.